The van der Waals surface area contributed by atoms with Crippen molar-refractivity contribution in [2.45, 2.75) is 32.2 Å². The average molecular weight is 317 g/mol. The molecular formula is C12H19N3O3S2. The molecule has 1 aromatic rings. The minimum Gasteiger partial charge on any atom is -0.290 e. The van der Waals surface area contributed by atoms with E-state index in [1.807, 2.05) is 6.92 Å². The summed E-state index contributed by atoms with van der Waals surface area (Å²) < 4.78 is 25.8. The van der Waals surface area contributed by atoms with Gasteiger partial charge in [-0.3, -0.25) is 9.69 Å². The summed E-state index contributed by atoms with van der Waals surface area (Å²) in [7, 11) is -1.69. The van der Waals surface area contributed by atoms with Gasteiger partial charge in [-0.25, -0.2) is 13.4 Å². The summed E-state index contributed by atoms with van der Waals surface area (Å²) in [5.41, 5.74) is 0. The number of rotatable bonds is 5. The van der Waals surface area contributed by atoms with Crippen LogP contribution in [-0.4, -0.2) is 49.0 Å². The Morgan fingerprint density at radius 2 is 2.35 bits per heavy atom. The maximum atomic E-state index is 12.5. The third kappa shape index (κ3) is 3.02. The zero-order chi connectivity index (χ0) is 14.8. The van der Waals surface area contributed by atoms with E-state index < -0.39 is 16.1 Å². The van der Waals surface area contributed by atoms with Crippen LogP contribution in [0.2, 0.25) is 0 Å². The highest BCUT2D eigenvalue weighted by Gasteiger charge is 2.39. The zero-order valence-corrected chi connectivity index (χ0v) is 13.3. The van der Waals surface area contributed by atoms with Crippen molar-refractivity contribution in [1.29, 1.82) is 0 Å². The molecule has 0 aliphatic carbocycles. The molecule has 2 rings (SSSR count). The highest BCUT2D eigenvalue weighted by Crippen LogP contribution is 2.25. The van der Waals surface area contributed by atoms with E-state index in [0.717, 1.165) is 6.42 Å². The van der Waals surface area contributed by atoms with E-state index in [2.05, 4.69) is 4.98 Å². The molecular weight excluding hydrogens is 298 g/mol. The fourth-order valence-corrected chi connectivity index (χ4v) is 4.75. The third-order valence-corrected chi connectivity index (χ3v) is 6.27. The summed E-state index contributed by atoms with van der Waals surface area (Å²) >= 11 is 1.36. The van der Waals surface area contributed by atoms with Gasteiger partial charge in [0.15, 0.2) is 5.13 Å². The summed E-state index contributed by atoms with van der Waals surface area (Å²) in [4.78, 5) is 18.0. The molecule has 112 valence electrons. The van der Waals surface area contributed by atoms with Gasteiger partial charge in [-0.15, -0.1) is 11.3 Å². The Morgan fingerprint density at radius 3 is 2.95 bits per heavy atom. The lowest BCUT2D eigenvalue weighted by Gasteiger charge is -2.26. The number of hydrogen-bond donors (Lipinski definition) is 0. The van der Waals surface area contributed by atoms with Gasteiger partial charge < -0.3 is 0 Å². The maximum absolute atomic E-state index is 12.5. The Labute approximate surface area is 123 Å². The maximum Gasteiger partial charge on any atom is 0.246 e. The van der Waals surface area contributed by atoms with E-state index in [4.69, 9.17) is 0 Å². The third-order valence-electron chi connectivity index (χ3n) is 3.34. The molecule has 20 heavy (non-hydrogen) atoms. The molecule has 0 bridgehead atoms. The second-order valence-corrected chi connectivity index (χ2v) is 7.71. The van der Waals surface area contributed by atoms with Crippen LogP contribution in [0.5, 0.6) is 0 Å². The standard InChI is InChI=1S/C12H19N3O3S2/c1-3-9-20(17,18)15-7-4-5-10(15)11(16)14(2)12-13-6-8-19-12/h6,8,10H,3-5,7,9H2,1-2H3. The molecule has 1 fully saturated rings. The van der Waals surface area contributed by atoms with Gasteiger partial charge >= 0.3 is 0 Å². The molecule has 0 saturated carbocycles. The van der Waals surface area contributed by atoms with Gasteiger partial charge in [0.1, 0.15) is 6.04 Å². The molecule has 1 unspecified atom stereocenters. The van der Waals surface area contributed by atoms with Crippen LogP contribution in [0.4, 0.5) is 5.13 Å². The van der Waals surface area contributed by atoms with E-state index in [1.54, 1.807) is 18.6 Å². The molecule has 2 heterocycles. The molecule has 8 heteroatoms. The molecule has 0 N–H and O–H groups in total. The highest BCUT2D eigenvalue weighted by atomic mass is 32.2. The molecule has 1 aliphatic rings. The Kier molecular flexibility index (Phi) is 4.77. The quantitative estimate of drug-likeness (QED) is 0.821. The minimum absolute atomic E-state index is 0.0950. The molecule has 0 radical (unpaired) electrons. The number of anilines is 1. The summed E-state index contributed by atoms with van der Waals surface area (Å²) in [5, 5.41) is 2.38. The van der Waals surface area contributed by atoms with Crippen LogP contribution in [0.15, 0.2) is 11.6 Å². The Morgan fingerprint density at radius 1 is 1.60 bits per heavy atom. The van der Waals surface area contributed by atoms with Crippen molar-refractivity contribution >= 4 is 32.4 Å². The van der Waals surface area contributed by atoms with E-state index >= 15 is 0 Å². The van der Waals surface area contributed by atoms with Crippen molar-refractivity contribution in [2.24, 2.45) is 0 Å². The monoisotopic (exact) mass is 317 g/mol. The first-order chi connectivity index (χ1) is 9.47. The van der Waals surface area contributed by atoms with Crippen LogP contribution < -0.4 is 4.90 Å². The van der Waals surface area contributed by atoms with Crippen LogP contribution in [0.1, 0.15) is 26.2 Å². The van der Waals surface area contributed by atoms with Crippen molar-refractivity contribution in [3.05, 3.63) is 11.6 Å². The van der Waals surface area contributed by atoms with Crippen molar-refractivity contribution < 1.29 is 13.2 Å². The number of carbonyl (C=O) groups is 1. The Bertz CT molecular complexity index is 557. The smallest absolute Gasteiger partial charge is 0.246 e. The largest absolute Gasteiger partial charge is 0.290 e. The zero-order valence-electron chi connectivity index (χ0n) is 11.7. The van der Waals surface area contributed by atoms with Crippen LogP contribution in [0.3, 0.4) is 0 Å². The van der Waals surface area contributed by atoms with E-state index in [-0.39, 0.29) is 11.7 Å². The van der Waals surface area contributed by atoms with Crippen LogP contribution in [0, 0.1) is 0 Å². The minimum atomic E-state index is -3.34. The van der Waals surface area contributed by atoms with Gasteiger partial charge in [0.05, 0.1) is 5.75 Å². The topological polar surface area (TPSA) is 70.6 Å². The van der Waals surface area contributed by atoms with Crippen LogP contribution >= 0.6 is 11.3 Å². The summed E-state index contributed by atoms with van der Waals surface area (Å²) in [6, 6.07) is -0.583. The first-order valence-electron chi connectivity index (χ1n) is 6.64. The number of hydrogen-bond acceptors (Lipinski definition) is 5. The summed E-state index contributed by atoms with van der Waals surface area (Å²) in [6.07, 6.45) is 3.49. The first kappa shape index (κ1) is 15.4. The van der Waals surface area contributed by atoms with Gasteiger partial charge in [0, 0.05) is 25.2 Å². The van der Waals surface area contributed by atoms with E-state index in [9.17, 15) is 13.2 Å². The number of nitrogens with zero attached hydrogens (tertiary/aromatic N) is 3. The summed E-state index contributed by atoms with van der Waals surface area (Å²) in [6.45, 7) is 2.26. The molecule has 6 nitrogen and oxygen atoms in total. The fourth-order valence-electron chi connectivity index (χ4n) is 2.39. The van der Waals surface area contributed by atoms with Gasteiger partial charge in [-0.05, 0) is 19.3 Å². The number of likely N-dealkylation sites (N-methyl/N-ethyl adjacent to an activating group) is 1. The summed E-state index contributed by atoms with van der Waals surface area (Å²) in [5.74, 6) is -0.102. The lowest BCUT2D eigenvalue weighted by molar-refractivity contribution is -0.121. The van der Waals surface area contributed by atoms with Gasteiger partial charge in [0.2, 0.25) is 15.9 Å². The van der Waals surface area contributed by atoms with Crippen molar-refractivity contribution in [3.8, 4) is 0 Å². The molecule has 1 atom stereocenters. The predicted octanol–water partition coefficient (Wildman–Crippen LogP) is 1.31. The normalized spacial score (nSPS) is 20.2. The lowest BCUT2D eigenvalue weighted by Crippen LogP contribution is -2.47. The number of thiazole rings is 1. The van der Waals surface area contributed by atoms with E-state index in [0.29, 0.717) is 24.5 Å². The van der Waals surface area contributed by atoms with Gasteiger partial charge in [0.25, 0.3) is 0 Å². The van der Waals surface area contributed by atoms with Crippen LogP contribution in [-0.2, 0) is 14.8 Å². The number of amides is 1. The number of sulfonamides is 1. The second-order valence-electron chi connectivity index (χ2n) is 4.80. The first-order valence-corrected chi connectivity index (χ1v) is 9.13. The SMILES string of the molecule is CCCS(=O)(=O)N1CCCC1C(=O)N(C)c1nccs1. The van der Waals surface area contributed by atoms with Crippen molar-refractivity contribution in [2.75, 3.05) is 24.2 Å². The Hall–Kier alpha value is -0.990. The number of carbonyl (C=O) groups excluding carboxylic acids is 1. The molecule has 0 aromatic carbocycles. The van der Waals surface area contributed by atoms with E-state index in [1.165, 1.54) is 20.5 Å². The Balaban J connectivity index is 2.17. The lowest BCUT2D eigenvalue weighted by atomic mass is 10.2. The molecule has 1 amide bonds. The van der Waals surface area contributed by atoms with Gasteiger partial charge in [-0.2, -0.15) is 4.31 Å². The van der Waals surface area contributed by atoms with Crippen LogP contribution in [0.25, 0.3) is 0 Å². The van der Waals surface area contributed by atoms with Crippen molar-refractivity contribution in [3.63, 3.8) is 0 Å². The molecule has 1 saturated heterocycles. The average Bonchev–Trinajstić information content (AvgIpc) is 3.07. The highest BCUT2D eigenvalue weighted by molar-refractivity contribution is 7.89. The number of aromatic nitrogens is 1. The molecule has 0 spiro atoms. The molecule has 1 aliphatic heterocycles. The van der Waals surface area contributed by atoms with Gasteiger partial charge in [-0.1, -0.05) is 6.92 Å². The fraction of sp³-hybridized carbons (Fsp3) is 0.667. The predicted molar refractivity (Wildman–Crippen MR) is 79.3 cm³/mol. The van der Waals surface area contributed by atoms with Crippen molar-refractivity contribution in [1.82, 2.24) is 9.29 Å². The second kappa shape index (κ2) is 6.19. The molecule has 1 aromatic heterocycles.